The Kier molecular flexibility index (Phi) is 5.00. The summed E-state index contributed by atoms with van der Waals surface area (Å²) >= 11 is 5.90. The summed E-state index contributed by atoms with van der Waals surface area (Å²) in [5.74, 6) is -0.141. The average Bonchev–Trinajstić information content (AvgIpc) is 2.61. The molecule has 0 aromatic heterocycles. The number of hydrogen-bond acceptors (Lipinski definition) is 3. The molecule has 126 valence electrons. The van der Waals surface area contributed by atoms with Crippen molar-refractivity contribution in [3.8, 4) is 5.75 Å². The first-order chi connectivity index (χ1) is 12.0. The van der Waals surface area contributed by atoms with E-state index >= 15 is 0 Å². The van der Waals surface area contributed by atoms with Gasteiger partial charge in [-0.1, -0.05) is 48.0 Å². The lowest BCUT2D eigenvalue weighted by Crippen LogP contribution is -2.20. The second-order valence-electron chi connectivity index (χ2n) is 5.56. The minimum absolute atomic E-state index is 0.174. The van der Waals surface area contributed by atoms with Crippen LogP contribution in [-0.4, -0.2) is 18.3 Å². The number of rotatable bonds is 5. The van der Waals surface area contributed by atoms with Crippen LogP contribution in [-0.2, 0) is 4.79 Å². The highest BCUT2D eigenvalue weighted by Crippen LogP contribution is 2.25. The van der Waals surface area contributed by atoms with Gasteiger partial charge in [-0.25, -0.2) is 0 Å². The number of benzene rings is 3. The Morgan fingerprint density at radius 1 is 1.04 bits per heavy atom. The summed E-state index contributed by atoms with van der Waals surface area (Å²) in [4.78, 5) is 23.9. The Hall–Kier alpha value is -2.85. The molecule has 0 radical (unpaired) electrons. The maximum Gasteiger partial charge on any atom is 0.262 e. The highest BCUT2D eigenvalue weighted by molar-refractivity contribution is 6.31. The zero-order valence-corrected chi connectivity index (χ0v) is 14.3. The third-order valence-corrected chi connectivity index (χ3v) is 3.98. The van der Waals surface area contributed by atoms with Gasteiger partial charge in [0.05, 0.1) is 5.56 Å². The Labute approximate surface area is 150 Å². The number of Topliss-reactive ketones (excluding diaryl/α,β-unsaturated/α-hetero) is 1. The molecule has 5 heteroatoms. The molecule has 0 aliphatic rings. The van der Waals surface area contributed by atoms with Gasteiger partial charge in [-0.2, -0.15) is 0 Å². The quantitative estimate of drug-likeness (QED) is 0.675. The van der Waals surface area contributed by atoms with Crippen LogP contribution in [0.4, 0.5) is 5.69 Å². The lowest BCUT2D eigenvalue weighted by atomic mass is 10.1. The van der Waals surface area contributed by atoms with E-state index in [9.17, 15) is 9.59 Å². The SMILES string of the molecule is CC(=O)c1cc(Cl)ccc1OCC(=O)Nc1cccc2ccccc12. The van der Waals surface area contributed by atoms with Gasteiger partial charge in [0.25, 0.3) is 5.91 Å². The maximum atomic E-state index is 12.2. The molecule has 0 atom stereocenters. The molecule has 3 aromatic carbocycles. The highest BCUT2D eigenvalue weighted by atomic mass is 35.5. The molecule has 1 amide bonds. The van der Waals surface area contributed by atoms with Crippen molar-refractivity contribution >= 4 is 39.8 Å². The first kappa shape index (κ1) is 17.0. The standard InChI is InChI=1S/C20H16ClNO3/c1-13(23)17-11-15(21)9-10-19(17)25-12-20(24)22-18-8-4-6-14-5-2-3-7-16(14)18/h2-11H,12H2,1H3,(H,22,24). The molecule has 0 spiro atoms. The van der Waals surface area contributed by atoms with E-state index in [4.69, 9.17) is 16.3 Å². The lowest BCUT2D eigenvalue weighted by Gasteiger charge is -2.12. The number of amides is 1. The van der Waals surface area contributed by atoms with Crippen LogP contribution in [0.15, 0.2) is 60.7 Å². The number of ether oxygens (including phenoxy) is 1. The molecular weight excluding hydrogens is 338 g/mol. The van der Waals surface area contributed by atoms with Crippen molar-refractivity contribution in [2.24, 2.45) is 0 Å². The smallest absolute Gasteiger partial charge is 0.262 e. The van der Waals surface area contributed by atoms with E-state index < -0.39 is 0 Å². The number of fused-ring (bicyclic) bond motifs is 1. The van der Waals surface area contributed by atoms with E-state index in [-0.39, 0.29) is 18.3 Å². The molecule has 0 fully saturated rings. The molecule has 0 aliphatic carbocycles. The molecule has 3 aromatic rings. The monoisotopic (exact) mass is 353 g/mol. The van der Waals surface area contributed by atoms with Crippen LogP contribution in [0.1, 0.15) is 17.3 Å². The highest BCUT2D eigenvalue weighted by Gasteiger charge is 2.12. The van der Waals surface area contributed by atoms with E-state index in [2.05, 4.69) is 5.32 Å². The van der Waals surface area contributed by atoms with Crippen LogP contribution in [0.3, 0.4) is 0 Å². The predicted octanol–water partition coefficient (Wildman–Crippen LogP) is 4.71. The number of anilines is 1. The Morgan fingerprint density at radius 3 is 2.60 bits per heavy atom. The van der Waals surface area contributed by atoms with Crippen molar-refractivity contribution in [3.05, 3.63) is 71.2 Å². The molecule has 0 unspecified atom stereocenters. The molecule has 3 rings (SSSR count). The summed E-state index contributed by atoms with van der Waals surface area (Å²) in [7, 11) is 0. The molecule has 25 heavy (non-hydrogen) atoms. The van der Waals surface area contributed by atoms with Gasteiger partial charge in [-0.15, -0.1) is 0 Å². The summed E-state index contributed by atoms with van der Waals surface area (Å²) in [5.41, 5.74) is 1.07. The fourth-order valence-corrected chi connectivity index (χ4v) is 2.74. The minimum atomic E-state index is -0.305. The average molecular weight is 354 g/mol. The van der Waals surface area contributed by atoms with Crippen molar-refractivity contribution in [1.82, 2.24) is 0 Å². The Morgan fingerprint density at radius 2 is 1.80 bits per heavy atom. The third kappa shape index (κ3) is 3.98. The fourth-order valence-electron chi connectivity index (χ4n) is 2.57. The van der Waals surface area contributed by atoms with Gasteiger partial charge in [-0.05, 0) is 36.6 Å². The van der Waals surface area contributed by atoms with Crippen LogP contribution in [0.5, 0.6) is 5.75 Å². The van der Waals surface area contributed by atoms with Crippen molar-refractivity contribution in [3.63, 3.8) is 0 Å². The Balaban J connectivity index is 1.72. The normalized spacial score (nSPS) is 10.5. The number of nitrogens with one attached hydrogen (secondary N) is 1. The van der Waals surface area contributed by atoms with Gasteiger partial charge < -0.3 is 10.1 Å². The number of carbonyl (C=O) groups excluding carboxylic acids is 2. The fraction of sp³-hybridized carbons (Fsp3) is 0.100. The minimum Gasteiger partial charge on any atom is -0.483 e. The topological polar surface area (TPSA) is 55.4 Å². The first-order valence-corrected chi connectivity index (χ1v) is 8.13. The van der Waals surface area contributed by atoms with Crippen molar-refractivity contribution < 1.29 is 14.3 Å². The molecule has 0 aliphatic heterocycles. The summed E-state index contributed by atoms with van der Waals surface area (Å²) in [6.45, 7) is 1.22. The first-order valence-electron chi connectivity index (χ1n) is 7.75. The second-order valence-corrected chi connectivity index (χ2v) is 6.00. The van der Waals surface area contributed by atoms with Crippen LogP contribution in [0.2, 0.25) is 5.02 Å². The van der Waals surface area contributed by atoms with Gasteiger partial charge in [-0.3, -0.25) is 9.59 Å². The van der Waals surface area contributed by atoms with Gasteiger partial charge in [0.2, 0.25) is 0 Å². The summed E-state index contributed by atoms with van der Waals surface area (Å²) in [5, 5.41) is 5.28. The van der Waals surface area contributed by atoms with E-state index in [1.165, 1.54) is 13.0 Å². The molecule has 0 saturated heterocycles. The van der Waals surface area contributed by atoms with E-state index in [1.807, 2.05) is 42.5 Å². The van der Waals surface area contributed by atoms with Crippen molar-refractivity contribution in [1.29, 1.82) is 0 Å². The molecule has 0 saturated carbocycles. The summed E-state index contributed by atoms with van der Waals surface area (Å²) in [6, 6.07) is 18.2. The van der Waals surface area contributed by atoms with E-state index in [0.717, 1.165) is 16.5 Å². The maximum absolute atomic E-state index is 12.2. The van der Waals surface area contributed by atoms with Crippen LogP contribution in [0.25, 0.3) is 10.8 Å². The molecule has 4 nitrogen and oxygen atoms in total. The summed E-state index contributed by atoms with van der Waals surface area (Å²) in [6.07, 6.45) is 0. The van der Waals surface area contributed by atoms with E-state index in [1.54, 1.807) is 12.1 Å². The third-order valence-electron chi connectivity index (χ3n) is 3.74. The zero-order chi connectivity index (χ0) is 17.8. The lowest BCUT2D eigenvalue weighted by molar-refractivity contribution is -0.118. The van der Waals surface area contributed by atoms with Gasteiger partial charge in [0.1, 0.15) is 5.75 Å². The van der Waals surface area contributed by atoms with Crippen molar-refractivity contribution in [2.45, 2.75) is 6.92 Å². The Bertz CT molecular complexity index is 947. The predicted molar refractivity (Wildman–Crippen MR) is 99.5 cm³/mol. The zero-order valence-electron chi connectivity index (χ0n) is 13.6. The number of ketones is 1. The van der Waals surface area contributed by atoms with Crippen molar-refractivity contribution in [2.75, 3.05) is 11.9 Å². The number of hydrogen-bond donors (Lipinski definition) is 1. The van der Waals surface area contributed by atoms with Crippen LogP contribution < -0.4 is 10.1 Å². The molecule has 1 N–H and O–H groups in total. The molecule has 0 heterocycles. The molecule has 0 bridgehead atoms. The van der Waals surface area contributed by atoms with Crippen LogP contribution >= 0.6 is 11.6 Å². The van der Waals surface area contributed by atoms with Gasteiger partial charge >= 0.3 is 0 Å². The molecular formula is C20H16ClNO3. The van der Waals surface area contributed by atoms with E-state index in [0.29, 0.717) is 16.3 Å². The number of halogens is 1. The van der Waals surface area contributed by atoms with Gasteiger partial charge in [0, 0.05) is 16.1 Å². The largest absolute Gasteiger partial charge is 0.483 e. The summed E-state index contributed by atoms with van der Waals surface area (Å²) < 4.78 is 5.51. The second kappa shape index (κ2) is 7.36. The van der Waals surface area contributed by atoms with Gasteiger partial charge in [0.15, 0.2) is 12.4 Å². The van der Waals surface area contributed by atoms with Crippen LogP contribution in [0, 0.1) is 0 Å². The number of carbonyl (C=O) groups is 2.